The number of nitrogens with zero attached hydrogens (tertiary/aromatic N) is 8. The van der Waals surface area contributed by atoms with Gasteiger partial charge in [-0.15, -0.1) is 0 Å². The van der Waals surface area contributed by atoms with Crippen LogP contribution in [0.5, 0.6) is 0 Å². The van der Waals surface area contributed by atoms with Crippen molar-refractivity contribution in [2.45, 2.75) is 6.54 Å². The molecule has 1 aliphatic rings. The number of amides is 1. The highest BCUT2D eigenvalue weighted by Gasteiger charge is 2.27. The number of aliphatic imine (C=N–C) groups is 1. The predicted octanol–water partition coefficient (Wildman–Crippen LogP) is 0.425. The number of rotatable bonds is 4. The summed E-state index contributed by atoms with van der Waals surface area (Å²) in [5, 5.41) is 11.7. The Bertz CT molecular complexity index is 1010. The molecule has 0 aliphatic carbocycles. The van der Waals surface area contributed by atoms with E-state index >= 15 is 0 Å². The van der Waals surface area contributed by atoms with E-state index in [0.717, 1.165) is 17.1 Å². The lowest BCUT2D eigenvalue weighted by Gasteiger charge is -2.35. The molecule has 0 spiro atoms. The topological polar surface area (TPSA) is 96.5 Å². The van der Waals surface area contributed by atoms with Gasteiger partial charge in [-0.2, -0.15) is 10.2 Å². The van der Waals surface area contributed by atoms with Crippen molar-refractivity contribution in [2.75, 3.05) is 31.6 Å². The summed E-state index contributed by atoms with van der Waals surface area (Å²) in [4.78, 5) is 25.0. The second-order valence-electron chi connectivity index (χ2n) is 6.71. The van der Waals surface area contributed by atoms with Crippen molar-refractivity contribution in [1.29, 1.82) is 0 Å². The van der Waals surface area contributed by atoms with Gasteiger partial charge in [0.2, 0.25) is 5.91 Å². The van der Waals surface area contributed by atoms with Gasteiger partial charge in [0.05, 0.1) is 11.9 Å². The van der Waals surface area contributed by atoms with Crippen LogP contribution >= 0.6 is 0 Å². The average molecular weight is 393 g/mol. The maximum absolute atomic E-state index is 12.6. The average Bonchev–Trinajstić information content (AvgIpc) is 3.41. The molecule has 4 heterocycles. The van der Waals surface area contributed by atoms with E-state index in [1.165, 1.54) is 0 Å². The monoisotopic (exact) mass is 393 g/mol. The Morgan fingerprint density at radius 2 is 2.17 bits per heavy atom. The molecule has 0 saturated carbocycles. The highest BCUT2D eigenvalue weighted by atomic mass is 16.2. The fourth-order valence-corrected chi connectivity index (χ4v) is 3.29. The molecule has 1 N–H and O–H groups in total. The maximum Gasteiger partial charge on any atom is 0.246 e. The molecule has 3 aromatic heterocycles. The third-order valence-corrected chi connectivity index (χ3v) is 4.73. The zero-order chi connectivity index (χ0) is 20.2. The number of piperazine rings is 1. The molecular weight excluding hydrogens is 370 g/mol. The summed E-state index contributed by atoms with van der Waals surface area (Å²) in [6.45, 7) is 2.11. The first-order valence-electron chi connectivity index (χ1n) is 9.33. The van der Waals surface area contributed by atoms with Crippen LogP contribution in [0.3, 0.4) is 0 Å². The van der Waals surface area contributed by atoms with E-state index in [1.807, 2.05) is 42.5 Å². The number of carbonyl (C=O) groups is 1. The Kier molecular flexibility index (Phi) is 5.23. The quantitative estimate of drug-likeness (QED) is 0.510. The minimum absolute atomic E-state index is 0.0251. The zero-order valence-corrected chi connectivity index (χ0v) is 16.4. The lowest BCUT2D eigenvalue weighted by atomic mass is 10.2. The van der Waals surface area contributed by atoms with Crippen molar-refractivity contribution in [3.05, 3.63) is 54.7 Å². The molecule has 10 nitrogen and oxygen atoms in total. The molecule has 1 fully saturated rings. The standard InChI is InChI=1S/C19H23N9O/c1-20-19(22-11-15-4-6-21-17(10-15)28-7-3-5-23-28)26-8-9-27(18(29)14-26)16-12-24-25(2)13-16/h3-7,10,12-13H,8-9,11,14H2,1-2H3,(H,20,22). The van der Waals surface area contributed by atoms with Crippen molar-refractivity contribution in [2.24, 2.45) is 12.0 Å². The van der Waals surface area contributed by atoms with Crippen LogP contribution in [-0.2, 0) is 18.4 Å². The van der Waals surface area contributed by atoms with Gasteiger partial charge >= 0.3 is 0 Å². The lowest BCUT2D eigenvalue weighted by Crippen LogP contribution is -2.55. The zero-order valence-electron chi connectivity index (χ0n) is 16.4. The summed E-state index contributed by atoms with van der Waals surface area (Å²) in [5.74, 6) is 1.48. The second kappa shape index (κ2) is 8.13. The van der Waals surface area contributed by atoms with Crippen molar-refractivity contribution in [3.8, 4) is 5.82 Å². The molecular formula is C19H23N9O. The Balaban J connectivity index is 1.38. The molecule has 0 aromatic carbocycles. The van der Waals surface area contributed by atoms with Gasteiger partial charge in [0.25, 0.3) is 0 Å². The van der Waals surface area contributed by atoms with Gasteiger partial charge in [-0.3, -0.25) is 14.5 Å². The van der Waals surface area contributed by atoms with E-state index in [0.29, 0.717) is 25.6 Å². The summed E-state index contributed by atoms with van der Waals surface area (Å²) in [6.07, 6.45) is 8.89. The number of nitrogens with one attached hydrogen (secondary N) is 1. The van der Waals surface area contributed by atoms with Crippen molar-refractivity contribution >= 4 is 17.6 Å². The van der Waals surface area contributed by atoms with Gasteiger partial charge in [0.1, 0.15) is 6.54 Å². The van der Waals surface area contributed by atoms with Gasteiger partial charge in [-0.25, -0.2) is 9.67 Å². The smallest absolute Gasteiger partial charge is 0.246 e. The van der Waals surface area contributed by atoms with Crippen molar-refractivity contribution in [3.63, 3.8) is 0 Å². The highest BCUT2D eigenvalue weighted by Crippen LogP contribution is 2.16. The first-order valence-corrected chi connectivity index (χ1v) is 9.33. The van der Waals surface area contributed by atoms with E-state index in [9.17, 15) is 4.79 Å². The fourth-order valence-electron chi connectivity index (χ4n) is 3.29. The van der Waals surface area contributed by atoms with Crippen LogP contribution in [-0.4, -0.2) is 68.0 Å². The molecule has 0 atom stereocenters. The minimum Gasteiger partial charge on any atom is -0.352 e. The number of aryl methyl sites for hydroxylation is 1. The number of carbonyl (C=O) groups excluding carboxylic acids is 1. The highest BCUT2D eigenvalue weighted by molar-refractivity contribution is 5.98. The van der Waals surface area contributed by atoms with E-state index in [1.54, 1.807) is 39.9 Å². The molecule has 10 heteroatoms. The minimum atomic E-state index is 0.0251. The number of aromatic nitrogens is 5. The Morgan fingerprint density at radius 3 is 2.86 bits per heavy atom. The van der Waals surface area contributed by atoms with Crippen molar-refractivity contribution in [1.82, 2.24) is 34.8 Å². The molecule has 0 bridgehead atoms. The van der Waals surface area contributed by atoms with Crippen LogP contribution in [0.15, 0.2) is 54.2 Å². The van der Waals surface area contributed by atoms with E-state index in [-0.39, 0.29) is 12.5 Å². The summed E-state index contributed by atoms with van der Waals surface area (Å²) in [7, 11) is 3.56. The van der Waals surface area contributed by atoms with Crippen LogP contribution in [0.4, 0.5) is 5.69 Å². The normalized spacial score (nSPS) is 15.1. The largest absolute Gasteiger partial charge is 0.352 e. The summed E-state index contributed by atoms with van der Waals surface area (Å²) in [5.41, 5.74) is 1.87. The Morgan fingerprint density at radius 1 is 1.28 bits per heavy atom. The number of hydrogen-bond donors (Lipinski definition) is 1. The molecule has 0 radical (unpaired) electrons. The number of pyridine rings is 1. The molecule has 150 valence electrons. The molecule has 29 heavy (non-hydrogen) atoms. The Hall–Kier alpha value is -3.69. The van der Waals surface area contributed by atoms with Gasteiger partial charge in [-0.1, -0.05) is 0 Å². The van der Waals surface area contributed by atoms with Crippen LogP contribution in [0.25, 0.3) is 5.82 Å². The molecule has 0 unspecified atom stereocenters. The van der Waals surface area contributed by atoms with Crippen LogP contribution in [0.1, 0.15) is 5.56 Å². The summed E-state index contributed by atoms with van der Waals surface area (Å²) >= 11 is 0. The third-order valence-electron chi connectivity index (χ3n) is 4.73. The number of hydrogen-bond acceptors (Lipinski definition) is 5. The maximum atomic E-state index is 12.6. The summed E-state index contributed by atoms with van der Waals surface area (Å²) < 4.78 is 3.41. The predicted molar refractivity (Wildman–Crippen MR) is 109 cm³/mol. The van der Waals surface area contributed by atoms with Gasteiger partial charge in [0, 0.05) is 58.5 Å². The van der Waals surface area contributed by atoms with Crippen LogP contribution in [0.2, 0.25) is 0 Å². The number of anilines is 1. The first-order chi connectivity index (χ1) is 14.1. The molecule has 1 amide bonds. The lowest BCUT2D eigenvalue weighted by molar-refractivity contribution is -0.120. The summed E-state index contributed by atoms with van der Waals surface area (Å²) in [6, 6.07) is 5.77. The van der Waals surface area contributed by atoms with Gasteiger partial charge < -0.3 is 15.1 Å². The number of guanidine groups is 1. The Labute approximate surface area is 168 Å². The van der Waals surface area contributed by atoms with E-state index in [2.05, 4.69) is 25.5 Å². The molecule has 4 rings (SSSR count). The van der Waals surface area contributed by atoms with Crippen molar-refractivity contribution < 1.29 is 4.79 Å². The SMILES string of the molecule is CN=C(NCc1ccnc(-n2cccn2)c1)N1CCN(c2cnn(C)c2)C(=O)C1. The van der Waals surface area contributed by atoms with Gasteiger partial charge in [-0.05, 0) is 23.8 Å². The first kappa shape index (κ1) is 18.7. The molecule has 1 saturated heterocycles. The molecule has 3 aromatic rings. The third kappa shape index (κ3) is 4.10. The van der Waals surface area contributed by atoms with Crippen LogP contribution < -0.4 is 10.2 Å². The van der Waals surface area contributed by atoms with E-state index in [4.69, 9.17) is 0 Å². The molecule has 1 aliphatic heterocycles. The van der Waals surface area contributed by atoms with E-state index < -0.39 is 0 Å². The fraction of sp³-hybridized carbons (Fsp3) is 0.316. The van der Waals surface area contributed by atoms with Crippen LogP contribution in [0, 0.1) is 0 Å². The second-order valence-corrected chi connectivity index (χ2v) is 6.71. The van der Waals surface area contributed by atoms with Gasteiger partial charge in [0.15, 0.2) is 11.8 Å².